The summed E-state index contributed by atoms with van der Waals surface area (Å²) < 4.78 is 0. The van der Waals surface area contributed by atoms with E-state index in [1.165, 1.54) is 0 Å². The average molecular weight is 311 g/mol. The van der Waals surface area contributed by atoms with E-state index in [2.05, 4.69) is 53.8 Å². The second kappa shape index (κ2) is 6.36. The monoisotopic (exact) mass is 310 g/mol. The summed E-state index contributed by atoms with van der Waals surface area (Å²) >= 11 is 6.04. The second-order valence-electron chi connectivity index (χ2n) is 7.04. The summed E-state index contributed by atoms with van der Waals surface area (Å²) in [6.45, 7) is 9.47. The lowest BCUT2D eigenvalue weighted by molar-refractivity contribution is 0.416. The molecule has 0 amide bonds. The minimum absolute atomic E-state index is 0.162. The summed E-state index contributed by atoms with van der Waals surface area (Å²) in [6, 6.07) is 0.370. The molecule has 1 aliphatic rings. The van der Waals surface area contributed by atoms with Gasteiger partial charge in [0.05, 0.1) is 0 Å². The van der Waals surface area contributed by atoms with Crippen molar-refractivity contribution in [3.8, 4) is 0 Å². The van der Waals surface area contributed by atoms with Crippen molar-refractivity contribution in [3.63, 3.8) is 0 Å². The molecular formula is C13H24BClN6. The molecule has 0 bridgehead atoms. The Kier molecular flexibility index (Phi) is 4.93. The smallest absolute Gasteiger partial charge is 0.231 e. The number of nitrogens with zero attached hydrogens (tertiary/aromatic N) is 5. The fourth-order valence-electron chi connectivity index (χ4n) is 2.59. The van der Waals surface area contributed by atoms with Crippen LogP contribution < -0.4 is 10.2 Å². The Labute approximate surface area is 132 Å². The molecule has 0 aromatic carbocycles. The van der Waals surface area contributed by atoms with Gasteiger partial charge in [-0.15, -0.1) is 0 Å². The van der Waals surface area contributed by atoms with Gasteiger partial charge in [-0.2, -0.15) is 15.0 Å². The molecule has 6 nitrogen and oxygen atoms in total. The summed E-state index contributed by atoms with van der Waals surface area (Å²) in [5.74, 6) is 1.17. The van der Waals surface area contributed by atoms with Crippen molar-refractivity contribution in [1.29, 1.82) is 0 Å². The molecule has 2 rings (SSSR count). The van der Waals surface area contributed by atoms with E-state index >= 15 is 0 Å². The topological polar surface area (TPSA) is 57.2 Å². The van der Waals surface area contributed by atoms with E-state index in [4.69, 9.17) is 11.6 Å². The van der Waals surface area contributed by atoms with Gasteiger partial charge in [0.25, 0.3) is 0 Å². The fraction of sp³-hybridized carbons (Fsp3) is 0.769. The molecule has 0 aliphatic carbocycles. The maximum absolute atomic E-state index is 6.04. The fourth-order valence-corrected chi connectivity index (χ4v) is 2.75. The molecule has 1 saturated heterocycles. The van der Waals surface area contributed by atoms with Crippen LogP contribution in [0.15, 0.2) is 0 Å². The van der Waals surface area contributed by atoms with E-state index in [-0.39, 0.29) is 10.7 Å². The molecule has 1 aromatic rings. The van der Waals surface area contributed by atoms with Crippen LogP contribution in [0, 0.1) is 5.41 Å². The Balaban J connectivity index is 2.09. The van der Waals surface area contributed by atoms with Crippen LogP contribution in [-0.4, -0.2) is 60.5 Å². The van der Waals surface area contributed by atoms with Crippen LogP contribution in [0.25, 0.3) is 0 Å². The summed E-state index contributed by atoms with van der Waals surface area (Å²) in [7, 11) is 4.09. The van der Waals surface area contributed by atoms with Crippen molar-refractivity contribution in [1.82, 2.24) is 19.8 Å². The van der Waals surface area contributed by atoms with Gasteiger partial charge in [0, 0.05) is 26.2 Å². The molecule has 0 radical (unpaired) electrons. The van der Waals surface area contributed by atoms with Crippen molar-refractivity contribution in [3.05, 3.63) is 5.28 Å². The van der Waals surface area contributed by atoms with Gasteiger partial charge in [0.15, 0.2) is 7.98 Å². The molecule has 0 unspecified atom stereocenters. The molecule has 116 valence electrons. The molecular weight excluding hydrogens is 286 g/mol. The Morgan fingerprint density at radius 1 is 1.38 bits per heavy atom. The Bertz CT molecular complexity index is 492. The number of rotatable bonds is 4. The maximum atomic E-state index is 6.04. The molecule has 0 saturated carbocycles. The predicted octanol–water partition coefficient (Wildman–Crippen LogP) is 1.04. The largest absolute Gasteiger partial charge is 0.350 e. The average Bonchev–Trinajstić information content (AvgIpc) is 2.71. The summed E-state index contributed by atoms with van der Waals surface area (Å²) in [4.78, 5) is 17.2. The van der Waals surface area contributed by atoms with Gasteiger partial charge in [-0.05, 0) is 30.0 Å². The maximum Gasteiger partial charge on any atom is 0.231 e. The van der Waals surface area contributed by atoms with E-state index in [0.717, 1.165) is 26.1 Å². The van der Waals surface area contributed by atoms with E-state index in [9.17, 15) is 0 Å². The molecule has 1 aromatic heterocycles. The lowest BCUT2D eigenvalue weighted by Gasteiger charge is -2.26. The van der Waals surface area contributed by atoms with Crippen molar-refractivity contribution in [2.45, 2.75) is 33.2 Å². The molecule has 8 heteroatoms. The number of anilines is 2. The van der Waals surface area contributed by atoms with Crippen LogP contribution in [0.3, 0.4) is 0 Å². The zero-order chi connectivity index (χ0) is 15.6. The van der Waals surface area contributed by atoms with Crippen LogP contribution >= 0.6 is 11.6 Å². The molecule has 1 N–H and O–H groups in total. The predicted molar refractivity (Wildman–Crippen MR) is 89.7 cm³/mol. The summed E-state index contributed by atoms with van der Waals surface area (Å²) in [5, 5.41) is 3.59. The van der Waals surface area contributed by atoms with Crippen LogP contribution in [0.1, 0.15) is 27.2 Å². The molecule has 1 fully saturated rings. The zero-order valence-corrected chi connectivity index (χ0v) is 14.3. The third kappa shape index (κ3) is 5.00. The highest BCUT2D eigenvalue weighted by Crippen LogP contribution is 2.20. The number of halogens is 1. The second-order valence-corrected chi connectivity index (χ2v) is 7.38. The lowest BCUT2D eigenvalue weighted by Crippen LogP contribution is -2.31. The molecule has 21 heavy (non-hydrogen) atoms. The number of nitrogens with one attached hydrogen (secondary N) is 1. The number of hydrogen-bond acceptors (Lipinski definition) is 6. The van der Waals surface area contributed by atoms with Crippen molar-refractivity contribution >= 4 is 31.5 Å². The van der Waals surface area contributed by atoms with Gasteiger partial charge in [-0.1, -0.05) is 20.8 Å². The first kappa shape index (κ1) is 16.3. The van der Waals surface area contributed by atoms with Crippen molar-refractivity contribution < 1.29 is 0 Å². The Morgan fingerprint density at radius 3 is 2.67 bits per heavy atom. The first-order valence-electron chi connectivity index (χ1n) is 7.31. The number of aromatic nitrogens is 3. The highest BCUT2D eigenvalue weighted by Gasteiger charge is 2.21. The Morgan fingerprint density at radius 2 is 2.10 bits per heavy atom. The molecule has 0 spiro atoms. The molecule has 1 aliphatic heterocycles. The molecule has 1 atom stereocenters. The lowest BCUT2D eigenvalue weighted by atomic mass is 9.96. The summed E-state index contributed by atoms with van der Waals surface area (Å²) in [5.41, 5.74) is 0.162. The van der Waals surface area contributed by atoms with E-state index < -0.39 is 0 Å². The highest BCUT2D eigenvalue weighted by molar-refractivity contribution is 6.28. The SMILES string of the molecule is BN1CC[C@@H](Nc2nc(Cl)nc(N(C)CC(C)(C)C)n2)C1. The van der Waals surface area contributed by atoms with Crippen molar-refractivity contribution in [2.24, 2.45) is 5.41 Å². The van der Waals surface area contributed by atoms with Crippen LogP contribution in [0.2, 0.25) is 5.28 Å². The number of hydrogen-bond donors (Lipinski definition) is 1. The minimum Gasteiger partial charge on any atom is -0.350 e. The molecule has 2 heterocycles. The highest BCUT2D eigenvalue weighted by atomic mass is 35.5. The normalized spacial score (nSPS) is 19.8. The van der Waals surface area contributed by atoms with Gasteiger partial charge in [0.1, 0.15) is 0 Å². The van der Waals surface area contributed by atoms with Gasteiger partial charge in [-0.3, -0.25) is 0 Å². The summed E-state index contributed by atoms with van der Waals surface area (Å²) in [6.07, 6.45) is 1.09. The quantitative estimate of drug-likeness (QED) is 0.839. The van der Waals surface area contributed by atoms with Gasteiger partial charge >= 0.3 is 0 Å². The Hall–Kier alpha value is -1.08. The van der Waals surface area contributed by atoms with E-state index in [0.29, 0.717) is 17.9 Å². The zero-order valence-electron chi connectivity index (χ0n) is 13.5. The third-order valence-corrected chi connectivity index (χ3v) is 3.54. The van der Waals surface area contributed by atoms with Crippen LogP contribution in [0.5, 0.6) is 0 Å². The van der Waals surface area contributed by atoms with Crippen LogP contribution in [-0.2, 0) is 0 Å². The minimum atomic E-state index is 0.162. The first-order valence-corrected chi connectivity index (χ1v) is 7.68. The van der Waals surface area contributed by atoms with Crippen LogP contribution in [0.4, 0.5) is 11.9 Å². The standard InChI is InChI=1S/C13H24BClN6/c1-13(2,3)8-20(4)12-18-10(15)17-11(19-12)16-9-5-6-21(14)7-9/h9H,5-8,14H2,1-4H3,(H,16,17,18,19)/t9-/m1/s1. The van der Waals surface area contributed by atoms with E-state index in [1.54, 1.807) is 0 Å². The third-order valence-electron chi connectivity index (χ3n) is 3.37. The van der Waals surface area contributed by atoms with Gasteiger partial charge in [0.2, 0.25) is 17.2 Å². The van der Waals surface area contributed by atoms with Gasteiger partial charge in [-0.25, -0.2) is 0 Å². The van der Waals surface area contributed by atoms with Crippen molar-refractivity contribution in [2.75, 3.05) is 36.9 Å². The van der Waals surface area contributed by atoms with E-state index in [1.807, 2.05) is 11.9 Å². The van der Waals surface area contributed by atoms with Gasteiger partial charge < -0.3 is 15.0 Å². The first-order chi connectivity index (χ1) is 9.73.